The highest BCUT2D eigenvalue weighted by Gasteiger charge is 2.04. The lowest BCUT2D eigenvalue weighted by Crippen LogP contribution is -2.24. The van der Waals surface area contributed by atoms with Crippen LogP contribution in [0, 0.1) is 7.14 Å². The predicted octanol–water partition coefficient (Wildman–Crippen LogP) is 5.00. The van der Waals surface area contributed by atoms with Gasteiger partial charge in [-0.05, 0) is 105 Å². The number of rotatable bonds is 8. The Labute approximate surface area is 196 Å². The molecular weight excluding hydrogens is 594 g/mol. The number of hydrogen-bond acceptors (Lipinski definition) is 4. The maximum Gasteiger partial charge on any atom is 0.277 e. The average Bonchev–Trinajstić information content (AvgIpc) is 2.74. The van der Waals surface area contributed by atoms with Gasteiger partial charge in [0.25, 0.3) is 5.91 Å². The topological polar surface area (TPSA) is 59.9 Å². The lowest BCUT2D eigenvalue weighted by atomic mass is 10.2. The summed E-state index contributed by atoms with van der Waals surface area (Å²) < 4.78 is 13.4. The van der Waals surface area contributed by atoms with Gasteiger partial charge in [0.05, 0.1) is 9.78 Å². The van der Waals surface area contributed by atoms with Crippen LogP contribution in [0.15, 0.2) is 77.9 Å². The summed E-state index contributed by atoms with van der Waals surface area (Å²) in [5, 5.41) is 3.96. The Morgan fingerprint density at radius 3 is 2.38 bits per heavy atom. The Morgan fingerprint density at radius 1 is 0.931 bits per heavy atom. The minimum Gasteiger partial charge on any atom is -0.489 e. The van der Waals surface area contributed by atoms with Crippen molar-refractivity contribution in [3.05, 3.63) is 91.1 Å². The molecule has 0 aliphatic carbocycles. The van der Waals surface area contributed by atoms with Gasteiger partial charge in [-0.3, -0.25) is 4.79 Å². The minimum absolute atomic E-state index is 0.0946. The number of hydrogen-bond donors (Lipinski definition) is 1. The second-order valence-electron chi connectivity index (χ2n) is 6.00. The van der Waals surface area contributed by atoms with E-state index in [0.29, 0.717) is 12.4 Å². The zero-order valence-corrected chi connectivity index (χ0v) is 19.7. The quantitative estimate of drug-likeness (QED) is 0.222. The van der Waals surface area contributed by atoms with E-state index in [9.17, 15) is 4.79 Å². The van der Waals surface area contributed by atoms with Crippen LogP contribution in [0.3, 0.4) is 0 Å². The highest BCUT2D eigenvalue weighted by molar-refractivity contribution is 14.1. The molecule has 0 heterocycles. The van der Waals surface area contributed by atoms with Crippen molar-refractivity contribution < 1.29 is 14.3 Å². The van der Waals surface area contributed by atoms with Crippen molar-refractivity contribution in [1.82, 2.24) is 5.43 Å². The van der Waals surface area contributed by atoms with Crippen molar-refractivity contribution in [3.8, 4) is 11.5 Å². The molecular formula is C22H18I2N2O3. The van der Waals surface area contributed by atoms with E-state index in [1.54, 1.807) is 6.21 Å². The molecule has 0 aliphatic rings. The molecule has 0 saturated carbocycles. The molecule has 0 fully saturated rings. The van der Waals surface area contributed by atoms with Gasteiger partial charge in [0.2, 0.25) is 0 Å². The molecule has 3 aromatic rings. The zero-order valence-electron chi connectivity index (χ0n) is 15.3. The molecule has 0 atom stereocenters. The van der Waals surface area contributed by atoms with Gasteiger partial charge in [-0.15, -0.1) is 0 Å². The fourth-order valence-corrected chi connectivity index (χ4v) is 3.22. The number of amides is 1. The van der Waals surface area contributed by atoms with Crippen LogP contribution in [-0.2, 0) is 11.4 Å². The van der Waals surface area contributed by atoms with Crippen LogP contribution in [0.1, 0.15) is 11.1 Å². The third kappa shape index (κ3) is 7.32. The molecule has 3 aromatic carbocycles. The van der Waals surface area contributed by atoms with Gasteiger partial charge in [-0.1, -0.05) is 24.3 Å². The molecule has 148 valence electrons. The van der Waals surface area contributed by atoms with Crippen molar-refractivity contribution in [3.63, 3.8) is 0 Å². The summed E-state index contributed by atoms with van der Waals surface area (Å²) in [6.07, 6.45) is 1.58. The number of halogens is 2. The van der Waals surface area contributed by atoms with E-state index in [1.807, 2.05) is 60.7 Å². The largest absolute Gasteiger partial charge is 0.489 e. The van der Waals surface area contributed by atoms with Gasteiger partial charge in [0.1, 0.15) is 18.1 Å². The molecule has 0 unspecified atom stereocenters. The molecule has 7 heteroatoms. The predicted molar refractivity (Wildman–Crippen MR) is 130 cm³/mol. The van der Waals surface area contributed by atoms with Gasteiger partial charge >= 0.3 is 0 Å². The van der Waals surface area contributed by atoms with Crippen LogP contribution < -0.4 is 14.9 Å². The van der Waals surface area contributed by atoms with Crippen LogP contribution in [-0.4, -0.2) is 18.7 Å². The standard InChI is InChI=1S/C22H18I2N2O3/c23-18-9-5-17(6-10-18)14-28-19-11-7-16(8-12-19)13-25-26-22(27)15-29-21-4-2-1-3-20(21)24/h1-13H,14-15H2,(H,26,27)/b25-13+. The Hall–Kier alpha value is -2.14. The lowest BCUT2D eigenvalue weighted by molar-refractivity contribution is -0.123. The molecule has 0 radical (unpaired) electrons. The van der Waals surface area contributed by atoms with Crippen molar-refractivity contribution in [2.24, 2.45) is 5.10 Å². The SMILES string of the molecule is O=C(COc1ccccc1I)N/N=C/c1ccc(OCc2ccc(I)cc2)cc1. The highest BCUT2D eigenvalue weighted by atomic mass is 127. The fourth-order valence-electron chi connectivity index (χ4n) is 2.31. The van der Waals surface area contributed by atoms with Gasteiger partial charge in [0, 0.05) is 3.57 Å². The Kier molecular flexibility index (Phi) is 8.29. The number of nitrogens with zero attached hydrogens (tertiary/aromatic N) is 1. The van der Waals surface area contributed by atoms with Crippen molar-refractivity contribution in [1.29, 1.82) is 0 Å². The Morgan fingerprint density at radius 2 is 1.66 bits per heavy atom. The van der Waals surface area contributed by atoms with Gasteiger partial charge in [-0.25, -0.2) is 5.43 Å². The van der Waals surface area contributed by atoms with Crippen molar-refractivity contribution >= 4 is 57.3 Å². The van der Waals surface area contributed by atoms with Crippen LogP contribution >= 0.6 is 45.2 Å². The molecule has 0 bridgehead atoms. The number of hydrazone groups is 1. The van der Waals surface area contributed by atoms with E-state index in [0.717, 1.165) is 20.4 Å². The summed E-state index contributed by atoms with van der Waals surface area (Å²) in [6, 6.07) is 23.2. The Balaban J connectivity index is 1.42. The van der Waals surface area contributed by atoms with E-state index in [4.69, 9.17) is 9.47 Å². The van der Waals surface area contributed by atoms with Gasteiger partial charge < -0.3 is 9.47 Å². The summed E-state index contributed by atoms with van der Waals surface area (Å²) >= 11 is 4.44. The summed E-state index contributed by atoms with van der Waals surface area (Å²) in [7, 11) is 0. The molecule has 1 amide bonds. The molecule has 0 spiro atoms. The van der Waals surface area contributed by atoms with Crippen LogP contribution in [0.4, 0.5) is 0 Å². The molecule has 29 heavy (non-hydrogen) atoms. The van der Waals surface area contributed by atoms with Gasteiger partial charge in [0.15, 0.2) is 6.61 Å². The van der Waals surface area contributed by atoms with E-state index in [2.05, 4.69) is 67.8 Å². The van der Waals surface area contributed by atoms with E-state index < -0.39 is 0 Å². The van der Waals surface area contributed by atoms with E-state index >= 15 is 0 Å². The highest BCUT2D eigenvalue weighted by Crippen LogP contribution is 2.19. The number of para-hydroxylation sites is 1. The number of carbonyl (C=O) groups is 1. The second-order valence-corrected chi connectivity index (χ2v) is 8.40. The maximum atomic E-state index is 11.8. The normalized spacial score (nSPS) is 10.7. The summed E-state index contributed by atoms with van der Waals surface area (Å²) in [6.45, 7) is 0.420. The number of benzene rings is 3. The third-order valence-electron chi connectivity index (χ3n) is 3.80. The third-order valence-corrected chi connectivity index (χ3v) is 5.41. The van der Waals surface area contributed by atoms with Crippen LogP contribution in [0.2, 0.25) is 0 Å². The monoisotopic (exact) mass is 612 g/mol. The zero-order chi connectivity index (χ0) is 20.5. The summed E-state index contributed by atoms with van der Waals surface area (Å²) in [5.41, 5.74) is 4.43. The molecule has 3 rings (SSSR count). The summed E-state index contributed by atoms with van der Waals surface area (Å²) in [5.74, 6) is 1.13. The number of ether oxygens (including phenoxy) is 2. The fraction of sp³-hybridized carbons (Fsp3) is 0.0909. The molecule has 0 saturated heterocycles. The Bertz CT molecular complexity index is 974. The van der Waals surface area contributed by atoms with Crippen LogP contribution in [0.5, 0.6) is 11.5 Å². The first-order chi connectivity index (χ1) is 14.1. The second kappa shape index (κ2) is 11.1. The first-order valence-electron chi connectivity index (χ1n) is 8.77. The maximum absolute atomic E-state index is 11.8. The van der Waals surface area contributed by atoms with E-state index in [1.165, 1.54) is 3.57 Å². The molecule has 0 aromatic heterocycles. The average molecular weight is 612 g/mol. The minimum atomic E-state index is -0.321. The lowest BCUT2D eigenvalue weighted by Gasteiger charge is -2.07. The van der Waals surface area contributed by atoms with Gasteiger partial charge in [-0.2, -0.15) is 5.10 Å². The first-order valence-corrected chi connectivity index (χ1v) is 10.9. The summed E-state index contributed by atoms with van der Waals surface area (Å²) in [4.78, 5) is 11.8. The molecule has 5 nitrogen and oxygen atoms in total. The number of nitrogens with one attached hydrogen (secondary N) is 1. The smallest absolute Gasteiger partial charge is 0.277 e. The van der Waals surface area contributed by atoms with Crippen molar-refractivity contribution in [2.45, 2.75) is 6.61 Å². The van der Waals surface area contributed by atoms with Crippen molar-refractivity contribution in [2.75, 3.05) is 6.61 Å². The number of carbonyl (C=O) groups excluding carboxylic acids is 1. The molecule has 1 N–H and O–H groups in total. The van der Waals surface area contributed by atoms with Crippen LogP contribution in [0.25, 0.3) is 0 Å². The molecule has 0 aliphatic heterocycles. The van der Waals surface area contributed by atoms with E-state index in [-0.39, 0.29) is 12.5 Å². The first kappa shape index (κ1) is 21.6.